The van der Waals surface area contributed by atoms with Crippen molar-refractivity contribution in [2.24, 2.45) is 11.8 Å². The van der Waals surface area contributed by atoms with Crippen molar-refractivity contribution < 1.29 is 26.7 Å². The van der Waals surface area contributed by atoms with Crippen molar-refractivity contribution in [3.05, 3.63) is 35.4 Å². The molecule has 1 aromatic carbocycles. The lowest BCUT2D eigenvalue weighted by molar-refractivity contribution is -0.124. The predicted octanol–water partition coefficient (Wildman–Crippen LogP) is 1.11. The number of hydrogen-bond donors (Lipinski definition) is 1. The molecule has 1 aromatic rings. The Labute approximate surface area is 163 Å². The number of hydrogen-bond acceptors (Lipinski definition) is 5. The Morgan fingerprint density at radius 2 is 2.07 bits per heavy atom. The second kappa shape index (κ2) is 7.68. The number of nitrogens with zero attached hydrogens (tertiary/aromatic N) is 1. The van der Waals surface area contributed by atoms with Crippen LogP contribution in [0.5, 0.6) is 0 Å². The number of fused-ring (bicyclic) bond motifs is 1. The molecule has 4 rings (SSSR count). The molecule has 28 heavy (non-hydrogen) atoms. The SMILES string of the molecule is O=C(C[C@@H]1OC[C@H]2CN(Cc3cccc(F)c3F)CC[C@H]21)NC1CS(=O)(=O)C1. The topological polar surface area (TPSA) is 75.7 Å². The molecule has 0 aromatic heterocycles. The van der Waals surface area contributed by atoms with E-state index in [2.05, 4.69) is 10.2 Å². The summed E-state index contributed by atoms with van der Waals surface area (Å²) in [6.45, 7) is 2.36. The largest absolute Gasteiger partial charge is 0.377 e. The lowest BCUT2D eigenvalue weighted by Crippen LogP contribution is -2.53. The van der Waals surface area contributed by atoms with Crippen molar-refractivity contribution in [3.8, 4) is 0 Å². The molecule has 0 spiro atoms. The smallest absolute Gasteiger partial charge is 0.222 e. The van der Waals surface area contributed by atoms with Gasteiger partial charge < -0.3 is 10.1 Å². The van der Waals surface area contributed by atoms with Gasteiger partial charge in [-0.15, -0.1) is 0 Å². The molecule has 0 saturated carbocycles. The first kappa shape index (κ1) is 19.7. The minimum absolute atomic E-state index is 0.0158. The summed E-state index contributed by atoms with van der Waals surface area (Å²) < 4.78 is 55.5. The monoisotopic (exact) mass is 414 g/mol. The molecule has 3 atom stereocenters. The number of benzene rings is 1. The lowest BCUT2D eigenvalue weighted by atomic mass is 9.83. The van der Waals surface area contributed by atoms with Gasteiger partial charge in [0.25, 0.3) is 0 Å². The van der Waals surface area contributed by atoms with E-state index in [-0.39, 0.29) is 47.8 Å². The fourth-order valence-corrected chi connectivity index (χ4v) is 5.84. The summed E-state index contributed by atoms with van der Waals surface area (Å²) in [5, 5.41) is 2.76. The van der Waals surface area contributed by atoms with E-state index in [1.807, 2.05) is 0 Å². The second-order valence-electron chi connectivity index (χ2n) is 8.08. The molecule has 1 amide bonds. The molecular formula is C19H24F2N2O4S. The van der Waals surface area contributed by atoms with Crippen molar-refractivity contribution in [2.75, 3.05) is 31.2 Å². The summed E-state index contributed by atoms with van der Waals surface area (Å²) >= 11 is 0. The Bertz CT molecular complexity index is 851. The van der Waals surface area contributed by atoms with Crippen molar-refractivity contribution in [1.82, 2.24) is 10.2 Å². The standard InChI is InChI=1S/C19H24F2N2O4S/c20-16-3-1-2-12(19(16)21)7-23-5-4-15-13(8-23)9-27-17(15)6-18(24)22-14-10-28(25,26)11-14/h1-3,13-15,17H,4-11H2,(H,22,24)/t13-,15-,17+/m1/s1. The van der Waals surface area contributed by atoms with Crippen LogP contribution in [-0.4, -0.2) is 62.6 Å². The number of carbonyl (C=O) groups excluding carboxylic acids is 1. The maximum atomic E-state index is 13.9. The maximum Gasteiger partial charge on any atom is 0.222 e. The highest BCUT2D eigenvalue weighted by molar-refractivity contribution is 7.92. The van der Waals surface area contributed by atoms with E-state index >= 15 is 0 Å². The van der Waals surface area contributed by atoms with Crippen molar-refractivity contribution >= 4 is 15.7 Å². The zero-order valence-electron chi connectivity index (χ0n) is 15.4. The normalized spacial score (nSPS) is 29.9. The average Bonchev–Trinajstić information content (AvgIpc) is 2.99. The molecule has 3 fully saturated rings. The highest BCUT2D eigenvalue weighted by Crippen LogP contribution is 2.36. The zero-order valence-corrected chi connectivity index (χ0v) is 16.3. The van der Waals surface area contributed by atoms with Gasteiger partial charge in [-0.2, -0.15) is 0 Å². The van der Waals surface area contributed by atoms with Gasteiger partial charge in [0.15, 0.2) is 21.5 Å². The van der Waals surface area contributed by atoms with Gasteiger partial charge >= 0.3 is 0 Å². The van der Waals surface area contributed by atoms with E-state index in [9.17, 15) is 22.0 Å². The van der Waals surface area contributed by atoms with Crippen LogP contribution in [0, 0.1) is 23.5 Å². The van der Waals surface area contributed by atoms with Gasteiger partial charge in [0, 0.05) is 24.6 Å². The third-order valence-corrected chi connectivity index (χ3v) is 7.79. The van der Waals surface area contributed by atoms with Gasteiger partial charge in [-0.3, -0.25) is 9.69 Å². The number of halogens is 2. The van der Waals surface area contributed by atoms with Crippen LogP contribution in [0.4, 0.5) is 8.78 Å². The van der Waals surface area contributed by atoms with E-state index in [4.69, 9.17) is 4.74 Å². The molecule has 3 aliphatic rings. The Kier molecular flexibility index (Phi) is 5.41. The molecule has 1 N–H and O–H groups in total. The Morgan fingerprint density at radius 1 is 1.29 bits per heavy atom. The van der Waals surface area contributed by atoms with Crippen LogP contribution in [0.1, 0.15) is 18.4 Å². The van der Waals surface area contributed by atoms with Crippen molar-refractivity contribution in [1.29, 1.82) is 0 Å². The minimum Gasteiger partial charge on any atom is -0.377 e. The molecule has 0 bridgehead atoms. The number of likely N-dealkylation sites (tertiary alicyclic amines) is 1. The third-order valence-electron chi connectivity index (χ3n) is 5.97. The van der Waals surface area contributed by atoms with Crippen LogP contribution >= 0.6 is 0 Å². The van der Waals surface area contributed by atoms with Crippen LogP contribution in [0.15, 0.2) is 18.2 Å². The summed E-state index contributed by atoms with van der Waals surface area (Å²) in [7, 11) is -2.96. The summed E-state index contributed by atoms with van der Waals surface area (Å²) in [5.74, 6) is -1.25. The van der Waals surface area contributed by atoms with Crippen LogP contribution in [-0.2, 0) is 25.9 Å². The van der Waals surface area contributed by atoms with E-state index in [1.165, 1.54) is 6.07 Å². The van der Waals surface area contributed by atoms with Crippen LogP contribution in [0.2, 0.25) is 0 Å². The molecule has 154 valence electrons. The Balaban J connectivity index is 1.28. The predicted molar refractivity (Wildman–Crippen MR) is 98.2 cm³/mol. The third kappa shape index (κ3) is 4.21. The van der Waals surface area contributed by atoms with Crippen LogP contribution in [0.25, 0.3) is 0 Å². The van der Waals surface area contributed by atoms with Crippen LogP contribution in [0.3, 0.4) is 0 Å². The van der Waals surface area contributed by atoms with Gasteiger partial charge in [0.2, 0.25) is 5.91 Å². The zero-order chi connectivity index (χ0) is 19.9. The number of carbonyl (C=O) groups is 1. The first-order chi connectivity index (χ1) is 13.3. The number of nitrogens with one attached hydrogen (secondary N) is 1. The maximum absolute atomic E-state index is 13.9. The van der Waals surface area contributed by atoms with Gasteiger partial charge in [0.05, 0.1) is 36.7 Å². The lowest BCUT2D eigenvalue weighted by Gasteiger charge is -2.35. The summed E-state index contributed by atoms with van der Waals surface area (Å²) in [6.07, 6.45) is 0.892. The fourth-order valence-electron chi connectivity index (χ4n) is 4.54. The molecular weight excluding hydrogens is 390 g/mol. The average molecular weight is 414 g/mol. The molecule has 3 heterocycles. The first-order valence-electron chi connectivity index (χ1n) is 9.57. The number of rotatable bonds is 5. The Morgan fingerprint density at radius 3 is 2.82 bits per heavy atom. The molecule has 0 unspecified atom stereocenters. The molecule has 0 radical (unpaired) electrons. The second-order valence-corrected chi connectivity index (χ2v) is 10.2. The van der Waals surface area contributed by atoms with Gasteiger partial charge in [-0.05, 0) is 24.9 Å². The minimum atomic E-state index is -2.96. The van der Waals surface area contributed by atoms with Crippen molar-refractivity contribution in [3.63, 3.8) is 0 Å². The number of ether oxygens (including phenoxy) is 1. The van der Waals surface area contributed by atoms with Gasteiger partial charge in [-0.1, -0.05) is 12.1 Å². The number of piperidine rings is 1. The number of amides is 1. The highest BCUT2D eigenvalue weighted by Gasteiger charge is 2.42. The van der Waals surface area contributed by atoms with Crippen molar-refractivity contribution in [2.45, 2.75) is 31.5 Å². The van der Waals surface area contributed by atoms with E-state index in [1.54, 1.807) is 6.07 Å². The number of sulfone groups is 1. The molecule has 3 aliphatic heterocycles. The van der Waals surface area contributed by atoms with E-state index in [0.717, 1.165) is 25.6 Å². The molecule has 0 aliphatic carbocycles. The fraction of sp³-hybridized carbons (Fsp3) is 0.632. The van der Waals surface area contributed by atoms with Crippen LogP contribution < -0.4 is 5.32 Å². The molecule has 6 nitrogen and oxygen atoms in total. The first-order valence-corrected chi connectivity index (χ1v) is 11.4. The highest BCUT2D eigenvalue weighted by atomic mass is 32.2. The molecule has 9 heteroatoms. The van der Waals surface area contributed by atoms with E-state index < -0.39 is 21.5 Å². The quantitative estimate of drug-likeness (QED) is 0.781. The Hall–Kier alpha value is -1.58. The summed E-state index contributed by atoms with van der Waals surface area (Å²) in [5.41, 5.74) is 0.351. The van der Waals surface area contributed by atoms with Gasteiger partial charge in [-0.25, -0.2) is 17.2 Å². The summed E-state index contributed by atoms with van der Waals surface area (Å²) in [4.78, 5) is 14.3. The summed E-state index contributed by atoms with van der Waals surface area (Å²) in [6, 6.07) is 3.95. The molecule has 3 saturated heterocycles. The van der Waals surface area contributed by atoms with Gasteiger partial charge in [0.1, 0.15) is 0 Å². The van der Waals surface area contributed by atoms with E-state index in [0.29, 0.717) is 18.7 Å².